The minimum absolute atomic E-state index is 0.0389. The summed E-state index contributed by atoms with van der Waals surface area (Å²) in [6, 6.07) is 5.91. The molecule has 2 heterocycles. The molecule has 24 heavy (non-hydrogen) atoms. The fraction of sp³-hybridized carbons (Fsp3) is 0.444. The van der Waals surface area contributed by atoms with Crippen molar-refractivity contribution in [1.82, 2.24) is 19.8 Å². The molecule has 6 heteroatoms. The van der Waals surface area contributed by atoms with E-state index in [2.05, 4.69) is 9.97 Å². The quantitative estimate of drug-likeness (QED) is 0.937. The summed E-state index contributed by atoms with van der Waals surface area (Å²) in [7, 11) is 3.62. The van der Waals surface area contributed by atoms with Gasteiger partial charge in [0, 0.05) is 37.0 Å². The fourth-order valence-corrected chi connectivity index (χ4v) is 3.38. The molecular weight excluding hydrogens is 307 g/mol. The Morgan fingerprint density at radius 2 is 2.04 bits per heavy atom. The monoisotopic (exact) mass is 330 g/mol. The van der Waals surface area contributed by atoms with Gasteiger partial charge >= 0.3 is 0 Å². The first-order chi connectivity index (χ1) is 11.6. The first-order valence-corrected chi connectivity index (χ1v) is 8.27. The van der Waals surface area contributed by atoms with E-state index in [1.165, 1.54) is 6.07 Å². The normalized spacial score (nSPS) is 17.2. The Morgan fingerprint density at radius 1 is 1.33 bits per heavy atom. The number of imidazole rings is 1. The van der Waals surface area contributed by atoms with Crippen LogP contribution in [0.15, 0.2) is 36.7 Å². The highest BCUT2D eigenvalue weighted by atomic mass is 19.1. The summed E-state index contributed by atoms with van der Waals surface area (Å²) in [6.07, 6.45) is 5.33. The van der Waals surface area contributed by atoms with Crippen molar-refractivity contribution in [2.24, 2.45) is 0 Å². The second-order valence-corrected chi connectivity index (χ2v) is 6.46. The van der Waals surface area contributed by atoms with Crippen LogP contribution in [-0.2, 0) is 4.79 Å². The van der Waals surface area contributed by atoms with Crippen molar-refractivity contribution in [3.05, 3.63) is 53.9 Å². The zero-order chi connectivity index (χ0) is 17.1. The van der Waals surface area contributed by atoms with E-state index in [0.29, 0.717) is 24.6 Å². The number of piperidine rings is 1. The van der Waals surface area contributed by atoms with Crippen LogP contribution >= 0.6 is 0 Å². The lowest BCUT2D eigenvalue weighted by molar-refractivity contribution is -0.137. The topological polar surface area (TPSA) is 52.2 Å². The number of likely N-dealkylation sites (N-methyl/N-ethyl adjacent to an activating group) is 1. The SMILES string of the molecule is CN(C)[C@H](C(=O)N1CCC(c2ncc[nH]2)CC1)c1ccccc1F. The molecule has 0 aliphatic carbocycles. The van der Waals surface area contributed by atoms with Gasteiger partial charge in [0.2, 0.25) is 5.91 Å². The fourth-order valence-electron chi connectivity index (χ4n) is 3.38. The molecular formula is C18H23FN4O. The summed E-state index contributed by atoms with van der Waals surface area (Å²) in [5.41, 5.74) is 0.431. The number of amides is 1. The molecule has 0 spiro atoms. The van der Waals surface area contributed by atoms with Gasteiger partial charge in [-0.2, -0.15) is 0 Å². The Kier molecular flexibility index (Phi) is 4.94. The molecule has 1 amide bonds. The molecule has 1 aliphatic heterocycles. The molecule has 1 fully saturated rings. The molecule has 1 atom stereocenters. The minimum atomic E-state index is -0.591. The molecule has 0 radical (unpaired) electrons. The number of carbonyl (C=O) groups excluding carboxylic acids is 1. The van der Waals surface area contributed by atoms with Crippen LogP contribution in [0.25, 0.3) is 0 Å². The summed E-state index contributed by atoms with van der Waals surface area (Å²) < 4.78 is 14.2. The van der Waals surface area contributed by atoms with Gasteiger partial charge in [-0.3, -0.25) is 9.69 Å². The van der Waals surface area contributed by atoms with Crippen molar-refractivity contribution >= 4 is 5.91 Å². The van der Waals surface area contributed by atoms with Crippen LogP contribution in [0.2, 0.25) is 0 Å². The van der Waals surface area contributed by atoms with Gasteiger partial charge in [0.25, 0.3) is 0 Å². The maximum Gasteiger partial charge on any atom is 0.244 e. The number of hydrogen-bond acceptors (Lipinski definition) is 3. The molecule has 1 aliphatic rings. The number of aromatic nitrogens is 2. The van der Waals surface area contributed by atoms with Gasteiger partial charge in [0.05, 0.1) is 0 Å². The molecule has 0 saturated carbocycles. The van der Waals surface area contributed by atoms with Crippen LogP contribution in [0.1, 0.15) is 36.2 Å². The molecule has 1 N–H and O–H groups in total. The Morgan fingerprint density at radius 3 is 2.62 bits per heavy atom. The van der Waals surface area contributed by atoms with Crippen molar-refractivity contribution < 1.29 is 9.18 Å². The highest BCUT2D eigenvalue weighted by Gasteiger charge is 2.32. The molecule has 1 aromatic heterocycles. The second-order valence-electron chi connectivity index (χ2n) is 6.46. The van der Waals surface area contributed by atoms with Crippen LogP contribution in [0, 0.1) is 5.82 Å². The maximum absolute atomic E-state index is 14.2. The number of hydrogen-bond donors (Lipinski definition) is 1. The number of nitrogens with zero attached hydrogens (tertiary/aromatic N) is 3. The van der Waals surface area contributed by atoms with E-state index < -0.39 is 6.04 Å². The summed E-state index contributed by atoms with van der Waals surface area (Å²) >= 11 is 0. The second kappa shape index (κ2) is 7.13. The number of nitrogens with one attached hydrogen (secondary N) is 1. The molecule has 3 rings (SSSR count). The van der Waals surface area contributed by atoms with Gasteiger partial charge < -0.3 is 9.88 Å². The van der Waals surface area contributed by atoms with E-state index in [-0.39, 0.29) is 11.7 Å². The smallest absolute Gasteiger partial charge is 0.244 e. The maximum atomic E-state index is 14.2. The number of carbonyl (C=O) groups is 1. The van der Waals surface area contributed by atoms with Crippen molar-refractivity contribution in [3.63, 3.8) is 0 Å². The van der Waals surface area contributed by atoms with Crippen molar-refractivity contribution in [2.45, 2.75) is 24.8 Å². The molecule has 1 saturated heterocycles. The van der Waals surface area contributed by atoms with Crippen LogP contribution in [0.3, 0.4) is 0 Å². The van der Waals surface area contributed by atoms with Crippen LogP contribution in [-0.4, -0.2) is 52.9 Å². The van der Waals surface area contributed by atoms with Gasteiger partial charge in [-0.05, 0) is 33.0 Å². The van der Waals surface area contributed by atoms with E-state index >= 15 is 0 Å². The lowest BCUT2D eigenvalue weighted by Crippen LogP contribution is -2.44. The lowest BCUT2D eigenvalue weighted by Gasteiger charge is -2.35. The average Bonchev–Trinajstić information content (AvgIpc) is 3.11. The number of H-pyrrole nitrogens is 1. The lowest BCUT2D eigenvalue weighted by atomic mass is 9.94. The van der Waals surface area contributed by atoms with Crippen LogP contribution < -0.4 is 0 Å². The van der Waals surface area contributed by atoms with Crippen molar-refractivity contribution in [2.75, 3.05) is 27.2 Å². The van der Waals surface area contributed by atoms with Gasteiger partial charge in [-0.1, -0.05) is 18.2 Å². The molecule has 2 aromatic rings. The number of halogens is 1. The van der Waals surface area contributed by atoms with Gasteiger partial charge in [0.15, 0.2) is 0 Å². The van der Waals surface area contributed by atoms with E-state index in [9.17, 15) is 9.18 Å². The van der Waals surface area contributed by atoms with E-state index in [0.717, 1.165) is 18.7 Å². The first kappa shape index (κ1) is 16.6. The van der Waals surface area contributed by atoms with Gasteiger partial charge in [-0.25, -0.2) is 9.37 Å². The molecule has 0 bridgehead atoms. The van der Waals surface area contributed by atoms with E-state index in [1.807, 2.05) is 25.2 Å². The van der Waals surface area contributed by atoms with Crippen LogP contribution in [0.5, 0.6) is 0 Å². The van der Waals surface area contributed by atoms with Gasteiger partial charge in [0.1, 0.15) is 17.7 Å². The molecule has 0 unspecified atom stereocenters. The Bertz CT molecular complexity index is 678. The largest absolute Gasteiger partial charge is 0.348 e. The standard InChI is InChI=1S/C18H23FN4O/c1-22(2)16(14-5-3-4-6-15(14)19)18(24)23-11-7-13(8-12-23)17-20-9-10-21-17/h3-6,9-10,13,16H,7-8,11-12H2,1-2H3,(H,20,21)/t16-/m0/s1. The Balaban J connectivity index is 1.72. The van der Waals surface area contributed by atoms with Gasteiger partial charge in [-0.15, -0.1) is 0 Å². The molecule has 1 aromatic carbocycles. The zero-order valence-electron chi connectivity index (χ0n) is 14.1. The average molecular weight is 330 g/mol. The predicted molar refractivity (Wildman–Crippen MR) is 90.0 cm³/mol. The molecule has 5 nitrogen and oxygen atoms in total. The zero-order valence-corrected chi connectivity index (χ0v) is 14.1. The summed E-state index contributed by atoms with van der Waals surface area (Å²) in [5, 5.41) is 0. The Labute approximate surface area is 141 Å². The summed E-state index contributed by atoms with van der Waals surface area (Å²) in [6.45, 7) is 1.34. The minimum Gasteiger partial charge on any atom is -0.348 e. The third-order valence-corrected chi connectivity index (χ3v) is 4.66. The predicted octanol–water partition coefficient (Wildman–Crippen LogP) is 2.56. The third kappa shape index (κ3) is 3.33. The highest BCUT2D eigenvalue weighted by molar-refractivity contribution is 5.83. The van der Waals surface area contributed by atoms with E-state index in [4.69, 9.17) is 0 Å². The first-order valence-electron chi connectivity index (χ1n) is 8.27. The summed E-state index contributed by atoms with van der Waals surface area (Å²) in [5.74, 6) is 0.966. The van der Waals surface area contributed by atoms with E-state index in [1.54, 1.807) is 29.3 Å². The number of likely N-dealkylation sites (tertiary alicyclic amines) is 1. The van der Waals surface area contributed by atoms with Crippen LogP contribution in [0.4, 0.5) is 4.39 Å². The van der Waals surface area contributed by atoms with Crippen molar-refractivity contribution in [1.29, 1.82) is 0 Å². The van der Waals surface area contributed by atoms with Crippen molar-refractivity contribution in [3.8, 4) is 0 Å². The number of rotatable bonds is 4. The number of benzene rings is 1. The third-order valence-electron chi connectivity index (χ3n) is 4.66. The highest BCUT2D eigenvalue weighted by Crippen LogP contribution is 2.29. The molecule has 128 valence electrons. The number of aromatic amines is 1. The summed E-state index contributed by atoms with van der Waals surface area (Å²) in [4.78, 5) is 24.1. The Hall–Kier alpha value is -2.21.